The van der Waals surface area contributed by atoms with E-state index >= 15 is 0 Å². The number of carbonyl (C=O) groups is 2. The van der Waals surface area contributed by atoms with Gasteiger partial charge >= 0.3 is 5.97 Å². The lowest BCUT2D eigenvalue weighted by Crippen LogP contribution is -2.21. The fourth-order valence-electron chi connectivity index (χ4n) is 4.07. The van der Waals surface area contributed by atoms with Crippen LogP contribution in [-0.4, -0.2) is 31.0 Å². The number of ketones is 1. The Hall–Kier alpha value is -4.13. The first-order valence-electron chi connectivity index (χ1n) is 10.0. The van der Waals surface area contributed by atoms with Crippen LogP contribution in [0.2, 0.25) is 0 Å². The van der Waals surface area contributed by atoms with Crippen molar-refractivity contribution in [3.63, 3.8) is 0 Å². The van der Waals surface area contributed by atoms with Crippen LogP contribution in [0.5, 0.6) is 23.0 Å². The zero-order valence-corrected chi connectivity index (χ0v) is 17.5. The SMILES string of the molecule is COc1ccc([C@H]2CC(=O)Oc3ccc4c(c32)O/C(=C\c2cccnc2)C4=O)cc1OC. The average Bonchev–Trinajstić information content (AvgIpc) is 3.13. The molecule has 1 aromatic heterocycles. The molecule has 3 heterocycles. The van der Waals surface area contributed by atoms with Gasteiger partial charge in [0.25, 0.3) is 0 Å². The predicted molar refractivity (Wildman–Crippen MR) is 115 cm³/mol. The number of ether oxygens (including phenoxy) is 4. The fraction of sp³-hybridized carbons (Fsp3) is 0.160. The van der Waals surface area contributed by atoms with Crippen LogP contribution in [0.3, 0.4) is 0 Å². The highest BCUT2D eigenvalue weighted by atomic mass is 16.5. The van der Waals surface area contributed by atoms with Gasteiger partial charge in [-0.25, -0.2) is 0 Å². The summed E-state index contributed by atoms with van der Waals surface area (Å²) in [7, 11) is 3.12. The number of carbonyl (C=O) groups excluding carboxylic acids is 2. The Morgan fingerprint density at radius 3 is 2.62 bits per heavy atom. The monoisotopic (exact) mass is 429 g/mol. The van der Waals surface area contributed by atoms with E-state index in [1.165, 1.54) is 0 Å². The normalized spacial score (nSPS) is 17.9. The number of fused-ring (bicyclic) bond motifs is 3. The van der Waals surface area contributed by atoms with E-state index in [-0.39, 0.29) is 29.9 Å². The number of rotatable bonds is 4. The first-order chi connectivity index (χ1) is 15.6. The van der Waals surface area contributed by atoms with Gasteiger partial charge in [0.1, 0.15) is 11.5 Å². The van der Waals surface area contributed by atoms with Crippen molar-refractivity contribution < 1.29 is 28.5 Å². The number of Topliss-reactive ketones (excluding diaryl/α,β-unsaturated/α-hetero) is 1. The summed E-state index contributed by atoms with van der Waals surface area (Å²) < 4.78 is 22.3. The van der Waals surface area contributed by atoms with Crippen molar-refractivity contribution in [2.24, 2.45) is 0 Å². The van der Waals surface area contributed by atoms with Crippen molar-refractivity contribution in [3.8, 4) is 23.0 Å². The number of esters is 1. The van der Waals surface area contributed by atoms with Crippen molar-refractivity contribution in [1.82, 2.24) is 4.98 Å². The maximum absolute atomic E-state index is 13.0. The van der Waals surface area contributed by atoms with Crippen molar-refractivity contribution in [3.05, 3.63) is 82.9 Å². The molecule has 2 aliphatic heterocycles. The summed E-state index contributed by atoms with van der Waals surface area (Å²) in [6, 6.07) is 12.4. The molecule has 0 saturated carbocycles. The zero-order chi connectivity index (χ0) is 22.2. The molecule has 1 atom stereocenters. The molecule has 2 aromatic carbocycles. The van der Waals surface area contributed by atoms with Gasteiger partial charge in [0.05, 0.1) is 26.2 Å². The van der Waals surface area contributed by atoms with E-state index in [1.54, 1.807) is 57.0 Å². The Balaban J connectivity index is 1.62. The number of nitrogens with zero attached hydrogens (tertiary/aromatic N) is 1. The van der Waals surface area contributed by atoms with E-state index in [4.69, 9.17) is 18.9 Å². The van der Waals surface area contributed by atoms with Gasteiger partial charge in [0.2, 0.25) is 5.78 Å². The predicted octanol–water partition coefficient (Wildman–Crippen LogP) is 4.16. The van der Waals surface area contributed by atoms with Gasteiger partial charge in [-0.3, -0.25) is 14.6 Å². The van der Waals surface area contributed by atoms with Gasteiger partial charge in [0, 0.05) is 23.9 Å². The van der Waals surface area contributed by atoms with E-state index < -0.39 is 0 Å². The molecular formula is C25H19NO6. The minimum atomic E-state index is -0.369. The highest BCUT2D eigenvalue weighted by molar-refractivity contribution is 6.15. The molecule has 0 radical (unpaired) electrons. The first kappa shape index (κ1) is 19.8. The number of pyridine rings is 1. The van der Waals surface area contributed by atoms with Crippen LogP contribution in [-0.2, 0) is 4.79 Å². The van der Waals surface area contributed by atoms with Crippen molar-refractivity contribution in [1.29, 1.82) is 0 Å². The lowest BCUT2D eigenvalue weighted by Gasteiger charge is -2.26. The van der Waals surface area contributed by atoms with Gasteiger partial charge in [0.15, 0.2) is 17.3 Å². The van der Waals surface area contributed by atoms with Crippen LogP contribution in [0.25, 0.3) is 6.08 Å². The molecule has 5 rings (SSSR count). The molecule has 0 saturated heterocycles. The lowest BCUT2D eigenvalue weighted by molar-refractivity contribution is -0.135. The largest absolute Gasteiger partial charge is 0.493 e. The van der Waals surface area contributed by atoms with E-state index in [0.29, 0.717) is 34.1 Å². The van der Waals surface area contributed by atoms with Crippen LogP contribution >= 0.6 is 0 Å². The highest BCUT2D eigenvalue weighted by Gasteiger charge is 2.38. The molecule has 0 unspecified atom stereocenters. The van der Waals surface area contributed by atoms with Crippen molar-refractivity contribution in [2.75, 3.05) is 14.2 Å². The minimum Gasteiger partial charge on any atom is -0.493 e. The molecule has 0 N–H and O–H groups in total. The number of hydrogen-bond donors (Lipinski definition) is 0. The third-order valence-corrected chi connectivity index (χ3v) is 5.57. The second-order valence-corrected chi connectivity index (χ2v) is 7.43. The molecule has 160 valence electrons. The maximum atomic E-state index is 13.0. The van der Waals surface area contributed by atoms with Crippen LogP contribution in [0.15, 0.2) is 60.6 Å². The quantitative estimate of drug-likeness (QED) is 0.350. The molecule has 0 amide bonds. The van der Waals surface area contributed by atoms with Gasteiger partial charge in [-0.1, -0.05) is 12.1 Å². The van der Waals surface area contributed by atoms with Crippen LogP contribution in [0.4, 0.5) is 0 Å². The van der Waals surface area contributed by atoms with Gasteiger partial charge in [-0.05, 0) is 47.5 Å². The molecule has 0 spiro atoms. The number of benzene rings is 2. The fourth-order valence-corrected chi connectivity index (χ4v) is 4.07. The van der Waals surface area contributed by atoms with Crippen molar-refractivity contribution >= 4 is 17.8 Å². The minimum absolute atomic E-state index is 0.109. The molecule has 0 fully saturated rings. The topological polar surface area (TPSA) is 84.0 Å². The second kappa shape index (κ2) is 7.85. The summed E-state index contributed by atoms with van der Waals surface area (Å²) in [5.41, 5.74) is 2.68. The average molecular weight is 429 g/mol. The third-order valence-electron chi connectivity index (χ3n) is 5.57. The number of methoxy groups -OCH3 is 2. The smallest absolute Gasteiger partial charge is 0.312 e. The summed E-state index contributed by atoms with van der Waals surface area (Å²) in [5, 5.41) is 0. The molecule has 0 bridgehead atoms. The number of hydrogen-bond acceptors (Lipinski definition) is 7. The number of allylic oxidation sites excluding steroid dienone is 1. The molecule has 32 heavy (non-hydrogen) atoms. The third kappa shape index (κ3) is 3.28. The summed E-state index contributed by atoms with van der Waals surface area (Å²) in [4.78, 5) is 29.4. The Morgan fingerprint density at radius 2 is 1.88 bits per heavy atom. The highest BCUT2D eigenvalue weighted by Crippen LogP contribution is 2.49. The zero-order valence-electron chi connectivity index (χ0n) is 17.5. The Labute approximate surface area is 184 Å². The Bertz CT molecular complexity index is 1260. The summed E-state index contributed by atoms with van der Waals surface area (Å²) in [6.45, 7) is 0. The van der Waals surface area contributed by atoms with Crippen LogP contribution in [0.1, 0.15) is 39.4 Å². The summed E-state index contributed by atoms with van der Waals surface area (Å²) in [6.07, 6.45) is 5.07. The molecule has 0 aliphatic carbocycles. The summed E-state index contributed by atoms with van der Waals surface area (Å²) in [5.74, 6) is 1.18. The molecule has 7 heteroatoms. The van der Waals surface area contributed by atoms with E-state index in [1.807, 2.05) is 18.2 Å². The molecular weight excluding hydrogens is 410 g/mol. The van der Waals surface area contributed by atoms with E-state index in [0.717, 1.165) is 11.1 Å². The first-order valence-corrected chi connectivity index (χ1v) is 10.0. The van der Waals surface area contributed by atoms with Gasteiger partial charge < -0.3 is 18.9 Å². The van der Waals surface area contributed by atoms with Gasteiger partial charge in [-0.2, -0.15) is 0 Å². The molecule has 3 aromatic rings. The second-order valence-electron chi connectivity index (χ2n) is 7.43. The summed E-state index contributed by atoms with van der Waals surface area (Å²) >= 11 is 0. The Morgan fingerprint density at radius 1 is 1.03 bits per heavy atom. The Kier molecular flexibility index (Phi) is 4.86. The standard InChI is InChI=1S/C25H19NO6/c1-29-18-7-5-15(11-20(18)30-2)17-12-22(27)31-19-8-6-16-24(28)21(32-25(16)23(17)19)10-14-4-3-9-26-13-14/h3-11,13,17H,12H2,1-2H3/b21-10-/t17-/m1/s1. The van der Waals surface area contributed by atoms with Crippen LogP contribution < -0.4 is 18.9 Å². The van der Waals surface area contributed by atoms with E-state index in [9.17, 15) is 9.59 Å². The number of aromatic nitrogens is 1. The molecule has 2 aliphatic rings. The van der Waals surface area contributed by atoms with Crippen molar-refractivity contribution in [2.45, 2.75) is 12.3 Å². The van der Waals surface area contributed by atoms with Gasteiger partial charge in [-0.15, -0.1) is 0 Å². The maximum Gasteiger partial charge on any atom is 0.312 e. The lowest BCUT2D eigenvalue weighted by atomic mass is 9.84. The van der Waals surface area contributed by atoms with Crippen LogP contribution in [0, 0.1) is 0 Å². The molecule has 7 nitrogen and oxygen atoms in total. The van der Waals surface area contributed by atoms with E-state index in [2.05, 4.69) is 4.98 Å².